The first-order chi connectivity index (χ1) is 21.6. The van der Waals surface area contributed by atoms with Gasteiger partial charge in [0.25, 0.3) is 5.91 Å². The molecule has 1 saturated carbocycles. The van der Waals surface area contributed by atoms with Crippen LogP contribution < -0.4 is 14.8 Å². The van der Waals surface area contributed by atoms with E-state index in [-0.39, 0.29) is 11.6 Å². The number of alkyl halides is 3. The van der Waals surface area contributed by atoms with Gasteiger partial charge in [-0.3, -0.25) is 10.1 Å². The van der Waals surface area contributed by atoms with Crippen LogP contribution in [-0.4, -0.2) is 52.8 Å². The van der Waals surface area contributed by atoms with Crippen LogP contribution in [0.2, 0.25) is 0 Å². The van der Waals surface area contributed by atoms with Gasteiger partial charge < -0.3 is 18.8 Å². The summed E-state index contributed by atoms with van der Waals surface area (Å²) in [7, 11) is 3.09. The number of para-hydroxylation sites is 1. The average Bonchev–Trinajstić information content (AvgIpc) is 3.39. The van der Waals surface area contributed by atoms with E-state index in [9.17, 15) is 27.6 Å². The van der Waals surface area contributed by atoms with Gasteiger partial charge in [-0.05, 0) is 42.2 Å². The molecule has 4 aromatic rings. The summed E-state index contributed by atoms with van der Waals surface area (Å²) in [6.07, 6.45) is 2.79. The lowest BCUT2D eigenvalue weighted by molar-refractivity contribution is -0.202. The Kier molecular flexibility index (Phi) is 9.35. The van der Waals surface area contributed by atoms with Crippen LogP contribution in [0.3, 0.4) is 0 Å². The number of fused-ring (bicyclic) bond motifs is 1. The second kappa shape index (κ2) is 13.4. The van der Waals surface area contributed by atoms with E-state index in [4.69, 9.17) is 14.5 Å². The molecule has 10 nitrogen and oxygen atoms in total. The van der Waals surface area contributed by atoms with Crippen molar-refractivity contribution in [3.63, 3.8) is 0 Å². The number of aromatic nitrogens is 3. The molecule has 236 valence electrons. The molecule has 1 fully saturated rings. The third-order valence-electron chi connectivity index (χ3n) is 7.76. The molecule has 5 rings (SSSR count). The van der Waals surface area contributed by atoms with Crippen molar-refractivity contribution in [3.8, 4) is 22.8 Å². The number of nitrogens with zero attached hydrogens (tertiary/aromatic N) is 3. The van der Waals surface area contributed by atoms with Crippen molar-refractivity contribution in [2.45, 2.75) is 51.2 Å². The van der Waals surface area contributed by atoms with Crippen LogP contribution in [-0.2, 0) is 27.3 Å². The van der Waals surface area contributed by atoms with Gasteiger partial charge in [-0.25, -0.2) is 19.6 Å². The molecule has 0 unspecified atom stereocenters. The number of esters is 2. The zero-order valence-electron chi connectivity index (χ0n) is 24.6. The number of hydrogen-bond donors (Lipinski definition) is 1. The van der Waals surface area contributed by atoms with E-state index in [2.05, 4.69) is 15.0 Å². The molecule has 13 heteroatoms. The minimum Gasteiger partial charge on any atom is -0.497 e. The van der Waals surface area contributed by atoms with Crippen LogP contribution in [0.15, 0.2) is 54.7 Å². The largest absolute Gasteiger partial charge is 0.497 e. The van der Waals surface area contributed by atoms with E-state index < -0.39 is 30.6 Å². The smallest absolute Gasteiger partial charge is 0.491 e. The predicted molar refractivity (Wildman–Crippen MR) is 158 cm³/mol. The van der Waals surface area contributed by atoms with E-state index in [1.165, 1.54) is 24.2 Å². The molecule has 1 amide bonds. The number of rotatable bonds is 9. The van der Waals surface area contributed by atoms with Crippen molar-refractivity contribution < 1.29 is 41.8 Å². The fourth-order valence-electron chi connectivity index (χ4n) is 5.60. The lowest BCUT2D eigenvalue weighted by atomic mass is 9.84. The Morgan fingerprint density at radius 2 is 1.76 bits per heavy atom. The number of hydrogen-bond acceptors (Lipinski definition) is 8. The zero-order valence-corrected chi connectivity index (χ0v) is 24.6. The van der Waals surface area contributed by atoms with Gasteiger partial charge in [-0.15, -0.1) is 0 Å². The van der Waals surface area contributed by atoms with Crippen LogP contribution in [0.25, 0.3) is 22.2 Å². The molecular weight excluding hydrogens is 593 g/mol. The molecule has 1 aliphatic carbocycles. The van der Waals surface area contributed by atoms with Crippen molar-refractivity contribution >= 4 is 34.7 Å². The molecule has 0 spiro atoms. The van der Waals surface area contributed by atoms with Gasteiger partial charge in [-0.1, -0.05) is 50.3 Å². The summed E-state index contributed by atoms with van der Waals surface area (Å²) in [5.74, 6) is -3.31. The average molecular weight is 625 g/mol. The van der Waals surface area contributed by atoms with E-state index >= 15 is 0 Å². The molecule has 0 saturated heterocycles. The van der Waals surface area contributed by atoms with Crippen molar-refractivity contribution in [3.05, 3.63) is 66.0 Å². The molecule has 45 heavy (non-hydrogen) atoms. The first-order valence-electron chi connectivity index (χ1n) is 14.4. The summed E-state index contributed by atoms with van der Waals surface area (Å²) in [5, 5.41) is 3.18. The number of carbonyl (C=O) groups excluding carboxylic acids is 3. The Balaban J connectivity index is 1.48. The Bertz CT molecular complexity index is 1730. The highest BCUT2D eigenvalue weighted by atomic mass is 19.4. The quantitative estimate of drug-likeness (QED) is 0.175. The Morgan fingerprint density at radius 1 is 1.00 bits per heavy atom. The third kappa shape index (κ3) is 7.24. The number of amides is 1. The van der Waals surface area contributed by atoms with Gasteiger partial charge in [0.2, 0.25) is 5.95 Å². The molecule has 0 atom stereocenters. The SMILES string of the molecule is COc1ccc(-c2nc(NC(=O)c3cc4ccccc4n3CC(=O)OC(=O)C(F)(F)F)ncc2CC2CCCCC2)c(OC)c1. The second-order valence-corrected chi connectivity index (χ2v) is 10.7. The van der Waals surface area contributed by atoms with Crippen molar-refractivity contribution in [1.82, 2.24) is 14.5 Å². The highest BCUT2D eigenvalue weighted by Crippen LogP contribution is 2.37. The summed E-state index contributed by atoms with van der Waals surface area (Å²) < 4.78 is 54.1. The summed E-state index contributed by atoms with van der Waals surface area (Å²) in [4.78, 5) is 46.2. The zero-order chi connectivity index (χ0) is 32.1. The monoisotopic (exact) mass is 624 g/mol. The summed E-state index contributed by atoms with van der Waals surface area (Å²) in [6, 6.07) is 13.4. The molecule has 0 aliphatic heterocycles. The van der Waals surface area contributed by atoms with Gasteiger partial charge in [-0.2, -0.15) is 13.2 Å². The maximum absolute atomic E-state index is 13.6. The van der Waals surface area contributed by atoms with Gasteiger partial charge in [0.1, 0.15) is 23.7 Å². The van der Waals surface area contributed by atoms with E-state index in [1.807, 2.05) is 6.07 Å². The molecule has 0 radical (unpaired) electrons. The highest BCUT2D eigenvalue weighted by Gasteiger charge is 2.42. The Morgan fingerprint density at radius 3 is 2.47 bits per heavy atom. The van der Waals surface area contributed by atoms with Crippen LogP contribution in [0.5, 0.6) is 11.5 Å². The predicted octanol–water partition coefficient (Wildman–Crippen LogP) is 6.12. The first kappa shape index (κ1) is 31.5. The lowest BCUT2D eigenvalue weighted by Gasteiger charge is -2.23. The fraction of sp³-hybridized carbons (Fsp3) is 0.344. The third-order valence-corrected chi connectivity index (χ3v) is 7.76. The fourth-order valence-corrected chi connectivity index (χ4v) is 5.60. The number of methoxy groups -OCH3 is 2. The molecule has 2 heterocycles. The van der Waals surface area contributed by atoms with Gasteiger partial charge >= 0.3 is 18.1 Å². The summed E-state index contributed by atoms with van der Waals surface area (Å²) in [6.45, 7) is -0.826. The minimum absolute atomic E-state index is 0.0353. The first-order valence-corrected chi connectivity index (χ1v) is 14.4. The maximum atomic E-state index is 13.6. The number of halogens is 3. The molecule has 2 aromatic heterocycles. The van der Waals surface area contributed by atoms with Crippen molar-refractivity contribution in [2.24, 2.45) is 5.92 Å². The van der Waals surface area contributed by atoms with Crippen molar-refractivity contribution in [1.29, 1.82) is 0 Å². The second-order valence-electron chi connectivity index (χ2n) is 10.7. The highest BCUT2D eigenvalue weighted by molar-refractivity contribution is 6.06. The van der Waals surface area contributed by atoms with Crippen LogP contribution >= 0.6 is 0 Å². The van der Waals surface area contributed by atoms with E-state index in [1.54, 1.807) is 49.7 Å². The van der Waals surface area contributed by atoms with Crippen molar-refractivity contribution in [2.75, 3.05) is 19.5 Å². The van der Waals surface area contributed by atoms with E-state index in [0.717, 1.165) is 37.7 Å². The summed E-state index contributed by atoms with van der Waals surface area (Å²) in [5.41, 5.74) is 2.42. The molecule has 1 aliphatic rings. The van der Waals surface area contributed by atoms with Gasteiger partial charge in [0.05, 0.1) is 19.9 Å². The minimum atomic E-state index is -5.35. The maximum Gasteiger partial charge on any atom is 0.491 e. The molecule has 2 aromatic carbocycles. The number of benzene rings is 2. The molecule has 1 N–H and O–H groups in total. The molecular formula is C32H31F3N4O6. The normalized spacial score (nSPS) is 13.8. The number of carbonyl (C=O) groups is 3. The number of nitrogens with one attached hydrogen (secondary N) is 1. The topological polar surface area (TPSA) is 122 Å². The van der Waals surface area contributed by atoms with E-state index in [0.29, 0.717) is 39.6 Å². The number of anilines is 1. The lowest BCUT2D eigenvalue weighted by Crippen LogP contribution is -2.30. The van der Waals surface area contributed by atoms with Crippen LogP contribution in [0.1, 0.15) is 48.2 Å². The standard InChI is InChI=1S/C32H31F3N4O6/c1-43-22-12-13-23(26(16-22)44-2)28-21(14-19-8-4-3-5-9-19)17-36-31(37-28)38-29(41)25-15-20-10-6-7-11-24(20)39(25)18-27(40)45-30(42)32(33,34)35/h6-7,10-13,15-17,19H,3-5,8-9,14,18H2,1-2H3,(H,36,37,38,41). The Hall–Kier alpha value is -4.94. The summed E-state index contributed by atoms with van der Waals surface area (Å²) >= 11 is 0. The van der Waals surface area contributed by atoms with Gasteiger partial charge in [0, 0.05) is 28.7 Å². The van der Waals surface area contributed by atoms with Crippen LogP contribution in [0.4, 0.5) is 19.1 Å². The van der Waals surface area contributed by atoms with Gasteiger partial charge in [0.15, 0.2) is 0 Å². The molecule has 0 bridgehead atoms. The number of ether oxygens (including phenoxy) is 3. The van der Waals surface area contributed by atoms with Crippen LogP contribution in [0, 0.1) is 5.92 Å². The Labute approximate surface area is 256 Å².